The Labute approximate surface area is 106 Å². The minimum Gasteiger partial charge on any atom is -0.339 e. The average molecular weight is 278 g/mol. The van der Waals surface area contributed by atoms with Gasteiger partial charge in [0.1, 0.15) is 0 Å². The molecule has 1 aromatic rings. The Balaban J connectivity index is 2.22. The van der Waals surface area contributed by atoms with Gasteiger partial charge in [0.05, 0.1) is 6.33 Å². The van der Waals surface area contributed by atoms with Crippen molar-refractivity contribution in [3.8, 4) is 0 Å². The van der Waals surface area contributed by atoms with E-state index in [9.17, 15) is 8.42 Å². The molecule has 0 spiro atoms. The molecule has 0 amide bonds. The standard InChI is InChI=1S/C10H16ClN3O2S/c1-14-6-9(12-8-14)17(15,16)13-10(7-11)4-2-3-5-10/h6,8,13H,2-5,7H2,1H3. The molecule has 5 nitrogen and oxygen atoms in total. The van der Waals surface area contributed by atoms with Crippen LogP contribution in [0.4, 0.5) is 0 Å². The maximum absolute atomic E-state index is 12.1. The van der Waals surface area contributed by atoms with Gasteiger partial charge in [-0.05, 0) is 12.8 Å². The highest BCUT2D eigenvalue weighted by atomic mass is 35.5. The molecule has 0 radical (unpaired) electrons. The summed E-state index contributed by atoms with van der Waals surface area (Å²) in [4.78, 5) is 3.86. The Hall–Kier alpha value is -0.590. The number of aromatic nitrogens is 2. The highest BCUT2D eigenvalue weighted by molar-refractivity contribution is 7.89. The molecule has 1 fully saturated rings. The first-order valence-electron chi connectivity index (χ1n) is 5.55. The van der Waals surface area contributed by atoms with E-state index in [-0.39, 0.29) is 5.03 Å². The molecule has 0 unspecified atom stereocenters. The molecule has 17 heavy (non-hydrogen) atoms. The molecular formula is C10H16ClN3O2S. The van der Waals surface area contributed by atoms with Crippen LogP contribution in [0.1, 0.15) is 25.7 Å². The van der Waals surface area contributed by atoms with Crippen LogP contribution < -0.4 is 4.72 Å². The Bertz CT molecular complexity index is 491. The predicted octanol–water partition coefficient (Wildman–Crippen LogP) is 1.25. The zero-order valence-electron chi connectivity index (χ0n) is 9.69. The third kappa shape index (κ3) is 2.64. The van der Waals surface area contributed by atoms with Gasteiger partial charge in [0.2, 0.25) is 0 Å². The summed E-state index contributed by atoms with van der Waals surface area (Å²) < 4.78 is 28.6. The van der Waals surface area contributed by atoms with Gasteiger partial charge < -0.3 is 4.57 Å². The third-order valence-corrected chi connectivity index (χ3v) is 5.10. The second-order valence-electron chi connectivity index (χ2n) is 4.60. The van der Waals surface area contributed by atoms with Crippen molar-refractivity contribution >= 4 is 21.6 Å². The maximum Gasteiger partial charge on any atom is 0.260 e. The minimum atomic E-state index is -3.56. The van der Waals surface area contributed by atoms with Crippen LogP contribution in [0, 0.1) is 0 Å². The first-order chi connectivity index (χ1) is 7.97. The number of nitrogens with one attached hydrogen (secondary N) is 1. The molecule has 1 heterocycles. The molecule has 1 aliphatic carbocycles. The summed E-state index contributed by atoms with van der Waals surface area (Å²) in [6.45, 7) is 0. The van der Waals surface area contributed by atoms with Crippen LogP contribution in [0.2, 0.25) is 0 Å². The van der Waals surface area contributed by atoms with Crippen LogP contribution in [0.3, 0.4) is 0 Å². The molecule has 1 saturated carbocycles. The maximum atomic E-state index is 12.1. The zero-order valence-corrected chi connectivity index (χ0v) is 11.3. The van der Waals surface area contributed by atoms with Crippen LogP contribution in [0.25, 0.3) is 0 Å². The molecule has 1 N–H and O–H groups in total. The molecule has 1 aromatic heterocycles. The summed E-state index contributed by atoms with van der Waals surface area (Å²) >= 11 is 5.91. The van der Waals surface area contributed by atoms with E-state index in [1.807, 2.05) is 0 Å². The molecule has 0 aliphatic heterocycles. The summed E-state index contributed by atoms with van der Waals surface area (Å²) in [5, 5.41) is 0.0522. The van der Waals surface area contributed by atoms with Crippen LogP contribution in [-0.4, -0.2) is 29.4 Å². The van der Waals surface area contributed by atoms with Gasteiger partial charge in [0.15, 0.2) is 5.03 Å². The SMILES string of the molecule is Cn1cnc(S(=O)(=O)NC2(CCl)CCCC2)c1. The van der Waals surface area contributed by atoms with Gasteiger partial charge in [-0.15, -0.1) is 11.6 Å². The van der Waals surface area contributed by atoms with Gasteiger partial charge >= 0.3 is 0 Å². The fourth-order valence-electron chi connectivity index (χ4n) is 2.18. The van der Waals surface area contributed by atoms with Gasteiger partial charge in [-0.25, -0.2) is 18.1 Å². The van der Waals surface area contributed by atoms with E-state index < -0.39 is 15.6 Å². The van der Waals surface area contributed by atoms with E-state index in [4.69, 9.17) is 11.6 Å². The van der Waals surface area contributed by atoms with E-state index in [1.54, 1.807) is 11.6 Å². The lowest BCUT2D eigenvalue weighted by Gasteiger charge is -2.26. The van der Waals surface area contributed by atoms with Crippen molar-refractivity contribution < 1.29 is 8.42 Å². The monoisotopic (exact) mass is 277 g/mol. The van der Waals surface area contributed by atoms with E-state index in [1.165, 1.54) is 12.5 Å². The van der Waals surface area contributed by atoms with Crippen molar-refractivity contribution in [2.75, 3.05) is 5.88 Å². The lowest BCUT2D eigenvalue weighted by Crippen LogP contribution is -2.47. The molecule has 1 aliphatic rings. The zero-order chi connectivity index (χ0) is 12.5. The Morgan fingerprint density at radius 1 is 1.53 bits per heavy atom. The number of rotatable bonds is 4. The largest absolute Gasteiger partial charge is 0.339 e. The Morgan fingerprint density at radius 3 is 2.65 bits per heavy atom. The van der Waals surface area contributed by atoms with Gasteiger partial charge in [0, 0.05) is 24.7 Å². The third-order valence-electron chi connectivity index (χ3n) is 3.12. The number of alkyl halides is 1. The first kappa shape index (κ1) is 12.9. The molecule has 0 bridgehead atoms. The minimum absolute atomic E-state index is 0.0522. The molecule has 0 atom stereocenters. The summed E-state index contributed by atoms with van der Waals surface area (Å²) in [5.41, 5.74) is -0.488. The van der Waals surface area contributed by atoms with Crippen molar-refractivity contribution in [2.45, 2.75) is 36.2 Å². The fraction of sp³-hybridized carbons (Fsp3) is 0.700. The van der Waals surface area contributed by atoms with Crippen molar-refractivity contribution in [1.82, 2.24) is 14.3 Å². The average Bonchev–Trinajstić information content (AvgIpc) is 2.87. The second-order valence-corrected chi connectivity index (χ2v) is 6.50. The second kappa shape index (κ2) is 4.59. The van der Waals surface area contributed by atoms with Crippen molar-refractivity contribution in [3.63, 3.8) is 0 Å². The van der Waals surface area contributed by atoms with Crippen LogP contribution in [0.5, 0.6) is 0 Å². The normalized spacial score (nSPS) is 19.6. The Morgan fingerprint density at radius 2 is 2.18 bits per heavy atom. The number of sulfonamides is 1. The van der Waals surface area contributed by atoms with E-state index in [0.717, 1.165) is 25.7 Å². The molecule has 2 rings (SSSR count). The van der Waals surface area contributed by atoms with Crippen LogP contribution in [-0.2, 0) is 17.1 Å². The lowest BCUT2D eigenvalue weighted by atomic mass is 10.0. The van der Waals surface area contributed by atoms with Crippen LogP contribution in [0.15, 0.2) is 17.6 Å². The molecule has 0 saturated heterocycles. The Kier molecular flexibility index (Phi) is 3.47. The highest BCUT2D eigenvalue weighted by Gasteiger charge is 2.37. The summed E-state index contributed by atoms with van der Waals surface area (Å²) in [6, 6.07) is 0. The van der Waals surface area contributed by atoms with Gasteiger partial charge in [-0.2, -0.15) is 0 Å². The van der Waals surface area contributed by atoms with Crippen molar-refractivity contribution in [3.05, 3.63) is 12.5 Å². The number of aryl methyl sites for hydroxylation is 1. The van der Waals surface area contributed by atoms with E-state index >= 15 is 0 Å². The van der Waals surface area contributed by atoms with E-state index in [0.29, 0.717) is 5.88 Å². The number of nitrogens with zero attached hydrogens (tertiary/aromatic N) is 2. The quantitative estimate of drug-likeness (QED) is 0.843. The number of hydrogen-bond donors (Lipinski definition) is 1. The van der Waals surface area contributed by atoms with Crippen molar-refractivity contribution in [1.29, 1.82) is 0 Å². The number of imidazole rings is 1. The molecular weight excluding hydrogens is 262 g/mol. The topological polar surface area (TPSA) is 64.0 Å². The van der Waals surface area contributed by atoms with Gasteiger partial charge in [0.25, 0.3) is 10.0 Å². The number of halogens is 1. The van der Waals surface area contributed by atoms with Gasteiger partial charge in [-0.3, -0.25) is 0 Å². The predicted molar refractivity (Wildman–Crippen MR) is 65.4 cm³/mol. The fourth-order valence-corrected chi connectivity index (χ4v) is 4.03. The molecule has 7 heteroatoms. The van der Waals surface area contributed by atoms with Crippen LogP contribution >= 0.6 is 11.6 Å². The lowest BCUT2D eigenvalue weighted by molar-refractivity contribution is 0.432. The smallest absolute Gasteiger partial charge is 0.260 e. The highest BCUT2D eigenvalue weighted by Crippen LogP contribution is 2.32. The summed E-state index contributed by atoms with van der Waals surface area (Å²) in [6.07, 6.45) is 6.57. The van der Waals surface area contributed by atoms with Crippen molar-refractivity contribution in [2.24, 2.45) is 7.05 Å². The first-order valence-corrected chi connectivity index (χ1v) is 7.57. The summed E-state index contributed by atoms with van der Waals surface area (Å²) in [5.74, 6) is 0.305. The molecule has 0 aromatic carbocycles. The molecule has 96 valence electrons. The summed E-state index contributed by atoms with van der Waals surface area (Å²) in [7, 11) is -1.82. The van der Waals surface area contributed by atoms with E-state index in [2.05, 4.69) is 9.71 Å². The number of hydrogen-bond acceptors (Lipinski definition) is 3. The van der Waals surface area contributed by atoms with Gasteiger partial charge in [-0.1, -0.05) is 12.8 Å².